The van der Waals surface area contributed by atoms with Gasteiger partial charge in [-0.15, -0.1) is 0 Å². The summed E-state index contributed by atoms with van der Waals surface area (Å²) in [6.45, 7) is -0.108. The largest absolute Gasteiger partial charge is 0.467 e. The predicted octanol–water partition coefficient (Wildman–Crippen LogP) is 1.43. The Morgan fingerprint density at radius 2 is 1.89 bits per heavy atom. The Hall–Kier alpha value is -1.63. The highest BCUT2D eigenvalue weighted by molar-refractivity contribution is 7.88. The zero-order valence-corrected chi connectivity index (χ0v) is 11.0. The van der Waals surface area contributed by atoms with Crippen molar-refractivity contribution >= 4 is 10.0 Å². The second-order valence-electron chi connectivity index (χ2n) is 4.12. The zero-order chi connectivity index (χ0) is 13.7. The molecule has 1 atom stereocenters. The molecule has 2 N–H and O–H groups in total. The van der Waals surface area contributed by atoms with Crippen LogP contribution in [0.5, 0.6) is 0 Å². The fraction of sp³-hybridized carbons (Fsp3) is 0.231. The Bertz CT molecular complexity index is 593. The van der Waals surface area contributed by atoms with Gasteiger partial charge in [-0.05, 0) is 17.7 Å². The summed E-state index contributed by atoms with van der Waals surface area (Å²) >= 11 is 0. The van der Waals surface area contributed by atoms with E-state index >= 15 is 0 Å². The number of hydrogen-bond donors (Lipinski definition) is 2. The fourth-order valence-electron chi connectivity index (χ4n) is 1.63. The second-order valence-corrected chi connectivity index (χ2v) is 5.93. The van der Waals surface area contributed by atoms with Crippen LogP contribution in [0.1, 0.15) is 17.4 Å². The van der Waals surface area contributed by atoms with Crippen molar-refractivity contribution in [3.63, 3.8) is 0 Å². The third-order valence-electron chi connectivity index (χ3n) is 2.57. The topological polar surface area (TPSA) is 79.5 Å². The maximum Gasteiger partial charge on any atom is 0.215 e. The van der Waals surface area contributed by atoms with Crippen molar-refractivity contribution in [2.75, 3.05) is 6.54 Å². The van der Waals surface area contributed by atoms with Crippen molar-refractivity contribution in [1.29, 1.82) is 0 Å². The Balaban J connectivity index is 1.91. The van der Waals surface area contributed by atoms with E-state index in [2.05, 4.69) is 4.72 Å². The summed E-state index contributed by atoms with van der Waals surface area (Å²) in [6, 6.07) is 12.1. The number of aliphatic hydroxyl groups is 1. The van der Waals surface area contributed by atoms with Gasteiger partial charge < -0.3 is 9.52 Å². The molecule has 0 radical (unpaired) electrons. The maximum atomic E-state index is 11.8. The van der Waals surface area contributed by atoms with Gasteiger partial charge in [0, 0.05) is 6.54 Å². The highest BCUT2D eigenvalue weighted by atomic mass is 32.2. The van der Waals surface area contributed by atoms with Crippen LogP contribution < -0.4 is 4.72 Å². The van der Waals surface area contributed by atoms with Gasteiger partial charge >= 0.3 is 0 Å². The van der Waals surface area contributed by atoms with E-state index in [1.165, 1.54) is 6.26 Å². The minimum atomic E-state index is -3.47. The first-order valence-electron chi connectivity index (χ1n) is 5.79. The lowest BCUT2D eigenvalue weighted by molar-refractivity contribution is 0.154. The van der Waals surface area contributed by atoms with Crippen LogP contribution in [0.25, 0.3) is 0 Å². The molecule has 0 saturated carbocycles. The molecule has 0 aliphatic carbocycles. The SMILES string of the molecule is O=S(=O)(Cc1ccccc1)NC[C@@H](O)c1ccco1. The van der Waals surface area contributed by atoms with E-state index in [4.69, 9.17) is 4.42 Å². The number of hydrogen-bond acceptors (Lipinski definition) is 4. The van der Waals surface area contributed by atoms with E-state index in [1.807, 2.05) is 6.07 Å². The molecule has 2 rings (SSSR count). The van der Waals surface area contributed by atoms with Gasteiger partial charge in [-0.3, -0.25) is 0 Å². The third kappa shape index (κ3) is 4.20. The summed E-state index contributed by atoms with van der Waals surface area (Å²) in [5.41, 5.74) is 0.697. The summed E-state index contributed by atoms with van der Waals surface area (Å²) < 4.78 is 31.0. The normalized spacial score (nSPS) is 13.3. The molecular weight excluding hydrogens is 266 g/mol. The van der Waals surface area contributed by atoms with Gasteiger partial charge in [0.1, 0.15) is 11.9 Å². The van der Waals surface area contributed by atoms with Gasteiger partial charge in [0.25, 0.3) is 0 Å². The smallest absolute Gasteiger partial charge is 0.215 e. The predicted molar refractivity (Wildman–Crippen MR) is 70.7 cm³/mol. The third-order valence-corrected chi connectivity index (χ3v) is 3.89. The van der Waals surface area contributed by atoms with Crippen LogP contribution in [0.15, 0.2) is 53.1 Å². The van der Waals surface area contributed by atoms with Crippen LogP contribution in [0.3, 0.4) is 0 Å². The van der Waals surface area contributed by atoms with Gasteiger partial charge in [-0.2, -0.15) is 0 Å². The first-order valence-corrected chi connectivity index (χ1v) is 7.45. The number of benzene rings is 1. The molecule has 19 heavy (non-hydrogen) atoms. The van der Waals surface area contributed by atoms with Crippen molar-refractivity contribution in [2.24, 2.45) is 0 Å². The van der Waals surface area contributed by atoms with E-state index in [0.717, 1.165) is 0 Å². The lowest BCUT2D eigenvalue weighted by Crippen LogP contribution is -2.29. The van der Waals surface area contributed by atoms with Gasteiger partial charge in [-0.1, -0.05) is 30.3 Å². The average molecular weight is 281 g/mol. The molecule has 1 aromatic heterocycles. The van der Waals surface area contributed by atoms with Crippen LogP contribution in [-0.4, -0.2) is 20.1 Å². The molecule has 0 aliphatic rings. The molecule has 0 aliphatic heterocycles. The van der Waals surface area contributed by atoms with E-state index in [-0.39, 0.29) is 12.3 Å². The number of aliphatic hydroxyl groups excluding tert-OH is 1. The fourth-order valence-corrected chi connectivity index (χ4v) is 2.78. The molecule has 0 bridgehead atoms. The quantitative estimate of drug-likeness (QED) is 0.839. The Kier molecular flexibility index (Phi) is 4.36. The van der Waals surface area contributed by atoms with E-state index in [9.17, 15) is 13.5 Å². The molecule has 0 spiro atoms. The standard InChI is InChI=1S/C13H15NO4S/c15-12(13-7-4-8-18-13)9-14-19(16,17)10-11-5-2-1-3-6-11/h1-8,12,14-15H,9-10H2/t12-/m1/s1. The van der Waals surface area contributed by atoms with Gasteiger partial charge in [0.2, 0.25) is 10.0 Å². The summed E-state index contributed by atoms with van der Waals surface area (Å²) in [7, 11) is -3.47. The number of nitrogens with one attached hydrogen (secondary N) is 1. The summed E-state index contributed by atoms with van der Waals surface area (Å²) in [4.78, 5) is 0. The van der Waals surface area contributed by atoms with Crippen molar-refractivity contribution < 1.29 is 17.9 Å². The van der Waals surface area contributed by atoms with E-state index < -0.39 is 16.1 Å². The molecular formula is C13H15NO4S. The van der Waals surface area contributed by atoms with Gasteiger partial charge in [0.15, 0.2) is 0 Å². The first kappa shape index (κ1) is 13.8. The Labute approximate surface area is 111 Å². The maximum absolute atomic E-state index is 11.8. The molecule has 1 aromatic carbocycles. The molecule has 0 amide bonds. The minimum Gasteiger partial charge on any atom is -0.467 e. The van der Waals surface area contributed by atoms with Gasteiger partial charge in [0.05, 0.1) is 12.0 Å². The van der Waals surface area contributed by atoms with Crippen molar-refractivity contribution in [2.45, 2.75) is 11.9 Å². The lowest BCUT2D eigenvalue weighted by Gasteiger charge is -2.10. The van der Waals surface area contributed by atoms with Crippen LogP contribution in [0.4, 0.5) is 0 Å². The van der Waals surface area contributed by atoms with E-state index in [1.54, 1.807) is 36.4 Å². The highest BCUT2D eigenvalue weighted by Gasteiger charge is 2.16. The second kappa shape index (κ2) is 6.01. The Morgan fingerprint density at radius 3 is 2.53 bits per heavy atom. The molecule has 0 unspecified atom stereocenters. The van der Waals surface area contributed by atoms with Crippen LogP contribution in [0, 0.1) is 0 Å². The molecule has 1 heterocycles. The zero-order valence-electron chi connectivity index (χ0n) is 10.2. The summed E-state index contributed by atoms with van der Waals surface area (Å²) in [5.74, 6) is 0.223. The summed E-state index contributed by atoms with van der Waals surface area (Å²) in [5, 5.41) is 9.72. The Morgan fingerprint density at radius 1 is 1.16 bits per heavy atom. The molecule has 0 saturated heterocycles. The van der Waals surface area contributed by atoms with E-state index in [0.29, 0.717) is 11.3 Å². The van der Waals surface area contributed by atoms with Crippen LogP contribution in [0.2, 0.25) is 0 Å². The monoisotopic (exact) mass is 281 g/mol. The highest BCUT2D eigenvalue weighted by Crippen LogP contribution is 2.12. The van der Waals surface area contributed by atoms with Gasteiger partial charge in [-0.25, -0.2) is 13.1 Å². The molecule has 102 valence electrons. The average Bonchev–Trinajstić information content (AvgIpc) is 2.91. The van der Waals surface area contributed by atoms with Crippen molar-refractivity contribution in [3.8, 4) is 0 Å². The number of furan rings is 1. The van der Waals surface area contributed by atoms with Crippen molar-refractivity contribution in [1.82, 2.24) is 4.72 Å². The number of sulfonamides is 1. The van der Waals surface area contributed by atoms with Crippen molar-refractivity contribution in [3.05, 3.63) is 60.1 Å². The van der Waals surface area contributed by atoms with Crippen LogP contribution in [-0.2, 0) is 15.8 Å². The molecule has 2 aromatic rings. The summed E-state index contributed by atoms with van der Waals surface area (Å²) in [6.07, 6.45) is 0.442. The first-order chi connectivity index (χ1) is 9.07. The number of rotatable bonds is 6. The van der Waals surface area contributed by atoms with Crippen LogP contribution >= 0.6 is 0 Å². The lowest BCUT2D eigenvalue weighted by atomic mass is 10.2. The molecule has 5 nitrogen and oxygen atoms in total. The molecule has 6 heteroatoms. The molecule has 0 fully saturated rings. The minimum absolute atomic E-state index is 0.108.